The van der Waals surface area contributed by atoms with Gasteiger partial charge in [-0.2, -0.15) is 0 Å². The van der Waals surface area contributed by atoms with Crippen LogP contribution in [-0.4, -0.2) is 63.4 Å². The van der Waals surface area contributed by atoms with Gasteiger partial charge in [-0.25, -0.2) is 0 Å². The maximum atomic E-state index is 9.22. The molecule has 0 saturated heterocycles. The van der Waals surface area contributed by atoms with Crippen LogP contribution in [0.2, 0.25) is 0 Å². The average Bonchev–Trinajstić information content (AvgIpc) is 2.39. The number of rotatable bonds is 15. The summed E-state index contributed by atoms with van der Waals surface area (Å²) in [7, 11) is 0. The van der Waals surface area contributed by atoms with Gasteiger partial charge >= 0.3 is 0 Å². The Kier molecular flexibility index (Phi) is 15.0. The van der Waals surface area contributed by atoms with Crippen LogP contribution < -0.4 is 5.32 Å². The molecule has 0 amide bonds. The number of aliphatic hydroxyl groups excluding tert-OH is 1. The fraction of sp³-hybridized carbons (Fsp3) is 1.00. The number of aliphatic hydroxyl groups is 1. The first-order chi connectivity index (χ1) is 9.66. The molecule has 0 aromatic carbocycles. The second-order valence-corrected chi connectivity index (χ2v) is 5.13. The molecule has 2 atom stereocenters. The van der Waals surface area contributed by atoms with Gasteiger partial charge in [0.2, 0.25) is 0 Å². The van der Waals surface area contributed by atoms with Gasteiger partial charge < -0.3 is 24.6 Å². The molecule has 0 rings (SSSR count). The van der Waals surface area contributed by atoms with Crippen molar-refractivity contribution in [2.24, 2.45) is 0 Å². The van der Waals surface area contributed by atoms with E-state index in [1.807, 2.05) is 0 Å². The Bertz CT molecular complexity index is 191. The lowest BCUT2D eigenvalue weighted by Gasteiger charge is -2.15. The first-order valence-corrected chi connectivity index (χ1v) is 7.81. The first kappa shape index (κ1) is 19.8. The normalized spacial score (nSPS) is 14.4. The molecule has 0 fully saturated rings. The highest BCUT2D eigenvalue weighted by molar-refractivity contribution is 4.63. The smallest absolute Gasteiger partial charge is 0.0701 e. The van der Waals surface area contributed by atoms with Crippen molar-refractivity contribution in [1.29, 1.82) is 0 Å². The third kappa shape index (κ3) is 15.9. The van der Waals surface area contributed by atoms with E-state index in [2.05, 4.69) is 19.2 Å². The van der Waals surface area contributed by atoms with E-state index < -0.39 is 0 Å². The van der Waals surface area contributed by atoms with E-state index in [9.17, 15) is 5.11 Å². The van der Waals surface area contributed by atoms with Crippen LogP contribution in [-0.2, 0) is 14.2 Å². The highest BCUT2D eigenvalue weighted by atomic mass is 16.5. The second-order valence-electron chi connectivity index (χ2n) is 5.13. The molecule has 5 nitrogen and oxygen atoms in total. The second kappa shape index (κ2) is 15.2. The van der Waals surface area contributed by atoms with Crippen molar-refractivity contribution in [3.8, 4) is 0 Å². The predicted octanol–water partition coefficient (Wildman–Crippen LogP) is 1.59. The summed E-state index contributed by atoms with van der Waals surface area (Å²) in [6.45, 7) is 10.8. The summed E-state index contributed by atoms with van der Waals surface area (Å²) >= 11 is 0. The molecule has 20 heavy (non-hydrogen) atoms. The van der Waals surface area contributed by atoms with Crippen LogP contribution in [0.1, 0.15) is 40.0 Å². The zero-order valence-corrected chi connectivity index (χ0v) is 13.4. The van der Waals surface area contributed by atoms with E-state index in [0.29, 0.717) is 39.1 Å². The molecule has 0 radical (unpaired) electrons. The SMILES string of the molecule is CCCCOCCOCCOCCNC(C)CC(C)O. The molecule has 0 bridgehead atoms. The van der Waals surface area contributed by atoms with Crippen LogP contribution in [0, 0.1) is 0 Å². The Morgan fingerprint density at radius 1 is 0.900 bits per heavy atom. The third-order valence-electron chi connectivity index (χ3n) is 2.82. The Hall–Kier alpha value is -0.200. The van der Waals surface area contributed by atoms with Crippen molar-refractivity contribution in [2.45, 2.75) is 52.2 Å². The van der Waals surface area contributed by atoms with Gasteiger partial charge in [0.25, 0.3) is 0 Å². The molecule has 0 aromatic rings. The van der Waals surface area contributed by atoms with Crippen LogP contribution in [0.5, 0.6) is 0 Å². The maximum absolute atomic E-state index is 9.22. The van der Waals surface area contributed by atoms with Crippen molar-refractivity contribution in [3.05, 3.63) is 0 Å². The van der Waals surface area contributed by atoms with Gasteiger partial charge in [0.1, 0.15) is 0 Å². The van der Waals surface area contributed by atoms with Gasteiger partial charge in [-0.3, -0.25) is 0 Å². The average molecular weight is 291 g/mol. The summed E-state index contributed by atoms with van der Waals surface area (Å²) in [5.41, 5.74) is 0. The highest BCUT2D eigenvalue weighted by Gasteiger charge is 2.04. The van der Waals surface area contributed by atoms with E-state index in [0.717, 1.165) is 26.0 Å². The van der Waals surface area contributed by atoms with E-state index in [-0.39, 0.29) is 6.10 Å². The van der Waals surface area contributed by atoms with Crippen LogP contribution in [0.25, 0.3) is 0 Å². The molecule has 2 unspecified atom stereocenters. The molecule has 122 valence electrons. The predicted molar refractivity (Wildman–Crippen MR) is 81.1 cm³/mol. The minimum absolute atomic E-state index is 0.258. The molecule has 0 aromatic heterocycles. The van der Waals surface area contributed by atoms with Gasteiger partial charge in [-0.1, -0.05) is 13.3 Å². The number of nitrogens with one attached hydrogen (secondary N) is 1. The van der Waals surface area contributed by atoms with Gasteiger partial charge in [-0.05, 0) is 26.7 Å². The summed E-state index contributed by atoms with van der Waals surface area (Å²) < 4.78 is 16.2. The lowest BCUT2D eigenvalue weighted by molar-refractivity contribution is 0.0143. The summed E-state index contributed by atoms with van der Waals surface area (Å²) in [5.74, 6) is 0. The highest BCUT2D eigenvalue weighted by Crippen LogP contribution is 1.95. The Morgan fingerprint density at radius 2 is 1.45 bits per heavy atom. The molecule has 0 heterocycles. The van der Waals surface area contributed by atoms with Crippen molar-refractivity contribution in [1.82, 2.24) is 5.32 Å². The molecule has 0 saturated carbocycles. The molecule has 0 spiro atoms. The van der Waals surface area contributed by atoms with Crippen molar-refractivity contribution >= 4 is 0 Å². The van der Waals surface area contributed by atoms with Crippen LogP contribution >= 0.6 is 0 Å². The van der Waals surface area contributed by atoms with Gasteiger partial charge in [0.05, 0.1) is 39.1 Å². The molecule has 0 aliphatic rings. The molecular weight excluding hydrogens is 258 g/mol. The van der Waals surface area contributed by atoms with Gasteiger partial charge in [0, 0.05) is 19.2 Å². The van der Waals surface area contributed by atoms with Crippen LogP contribution in [0.15, 0.2) is 0 Å². The lowest BCUT2D eigenvalue weighted by atomic mass is 10.1. The number of hydrogen-bond donors (Lipinski definition) is 2. The molecule has 0 aliphatic carbocycles. The maximum Gasteiger partial charge on any atom is 0.0701 e. The summed E-state index contributed by atoms with van der Waals surface area (Å²) in [4.78, 5) is 0. The van der Waals surface area contributed by atoms with Crippen LogP contribution in [0.3, 0.4) is 0 Å². The zero-order chi connectivity index (χ0) is 15.1. The Morgan fingerprint density at radius 3 is 2.00 bits per heavy atom. The number of hydrogen-bond acceptors (Lipinski definition) is 5. The quantitative estimate of drug-likeness (QED) is 0.449. The number of unbranched alkanes of at least 4 members (excludes halogenated alkanes) is 1. The molecule has 2 N–H and O–H groups in total. The van der Waals surface area contributed by atoms with Gasteiger partial charge in [-0.15, -0.1) is 0 Å². The topological polar surface area (TPSA) is 60.0 Å². The fourth-order valence-corrected chi connectivity index (χ4v) is 1.76. The largest absolute Gasteiger partial charge is 0.393 e. The van der Waals surface area contributed by atoms with E-state index >= 15 is 0 Å². The van der Waals surface area contributed by atoms with Crippen molar-refractivity contribution in [3.63, 3.8) is 0 Å². The van der Waals surface area contributed by atoms with Crippen molar-refractivity contribution < 1.29 is 19.3 Å². The fourth-order valence-electron chi connectivity index (χ4n) is 1.76. The lowest BCUT2D eigenvalue weighted by Crippen LogP contribution is -2.32. The van der Waals surface area contributed by atoms with E-state index in [1.54, 1.807) is 6.92 Å². The summed E-state index contributed by atoms with van der Waals surface area (Å²) in [5, 5.41) is 12.5. The van der Waals surface area contributed by atoms with E-state index in [1.165, 1.54) is 6.42 Å². The Labute approximate surface area is 124 Å². The number of ether oxygens (including phenoxy) is 3. The molecular formula is C15H33NO4. The monoisotopic (exact) mass is 291 g/mol. The third-order valence-corrected chi connectivity index (χ3v) is 2.82. The van der Waals surface area contributed by atoms with E-state index in [4.69, 9.17) is 14.2 Å². The van der Waals surface area contributed by atoms with Gasteiger partial charge in [0.15, 0.2) is 0 Å². The van der Waals surface area contributed by atoms with Crippen LogP contribution in [0.4, 0.5) is 0 Å². The standard InChI is InChI=1S/C15H33NO4/c1-4-5-7-18-9-11-20-12-10-19-8-6-16-14(2)13-15(3)17/h14-17H,4-13H2,1-3H3. The summed E-state index contributed by atoms with van der Waals surface area (Å²) in [6.07, 6.45) is 2.79. The molecule has 0 aliphatic heterocycles. The minimum Gasteiger partial charge on any atom is -0.393 e. The van der Waals surface area contributed by atoms with Crippen molar-refractivity contribution in [2.75, 3.05) is 46.2 Å². The summed E-state index contributed by atoms with van der Waals surface area (Å²) in [6, 6.07) is 0.315. The minimum atomic E-state index is -0.258. The zero-order valence-electron chi connectivity index (χ0n) is 13.4. The molecule has 5 heteroatoms. The first-order valence-electron chi connectivity index (χ1n) is 7.81. The Balaban J connectivity index is 3.06.